The van der Waals surface area contributed by atoms with E-state index in [1.807, 2.05) is 30.1 Å². The summed E-state index contributed by atoms with van der Waals surface area (Å²) in [5, 5.41) is 19.6. The van der Waals surface area contributed by atoms with Crippen LogP contribution in [-0.2, 0) is 43.7 Å². The number of aryl methyl sites for hydroxylation is 3. The first-order chi connectivity index (χ1) is 38.5. The number of likely N-dealkylation sites (tertiary alicyclic amines) is 1. The molecule has 6 aliphatic heterocycles. The van der Waals surface area contributed by atoms with Crippen LogP contribution in [0.25, 0.3) is 33.2 Å². The van der Waals surface area contributed by atoms with Crippen LogP contribution in [0.2, 0.25) is 0 Å². The highest BCUT2D eigenvalue weighted by atomic mass is 19.1. The van der Waals surface area contributed by atoms with Crippen molar-refractivity contribution in [1.29, 1.82) is 0 Å². The molecule has 3 unspecified atom stereocenters. The van der Waals surface area contributed by atoms with Crippen LogP contribution in [0.5, 0.6) is 11.8 Å². The maximum absolute atomic E-state index is 16.9. The molecule has 0 saturated carbocycles. The van der Waals surface area contributed by atoms with E-state index in [2.05, 4.69) is 36.8 Å². The van der Waals surface area contributed by atoms with E-state index in [4.69, 9.17) is 29.4 Å². The number of halogens is 1. The van der Waals surface area contributed by atoms with E-state index in [-0.39, 0.29) is 46.4 Å². The SMILES string of the molecule is CC1CCCc2cc(O)cc(-c3nc4c5c(nc(OCC67CCCN6CCC7)nc5c3F)N3CCCOCC3CC4)c21.CNC(=O)C(CCC=O)c1nn(C)c2nc(N3CCC(CC4CCN(C=O)CC4)CC3)ccc12.COC. The molecule has 0 radical (unpaired) electrons. The fourth-order valence-corrected chi connectivity index (χ4v) is 14.1. The second-order valence-corrected chi connectivity index (χ2v) is 23.3. The molecule has 10 heterocycles. The zero-order valence-corrected chi connectivity index (χ0v) is 47.2. The Hall–Kier alpha value is -6.05. The molecule has 79 heavy (non-hydrogen) atoms. The average molecular weight is 1090 g/mol. The molecule has 1 aliphatic carbocycles. The fourth-order valence-electron chi connectivity index (χ4n) is 14.1. The number of piperidine rings is 2. The van der Waals surface area contributed by atoms with Crippen LogP contribution in [0.3, 0.4) is 0 Å². The molecule has 7 aliphatic rings. The number of amides is 2. The van der Waals surface area contributed by atoms with Gasteiger partial charge in [0, 0.05) is 85.0 Å². The molecule has 3 atom stereocenters. The number of hydrogen-bond donors (Lipinski definition) is 2. The van der Waals surface area contributed by atoms with Gasteiger partial charge in [-0.2, -0.15) is 15.1 Å². The van der Waals surface area contributed by atoms with Gasteiger partial charge >= 0.3 is 6.01 Å². The number of nitrogens with zero attached hydrogens (tertiary/aromatic N) is 10. The number of aromatic nitrogens is 6. The van der Waals surface area contributed by atoms with Gasteiger partial charge in [0.05, 0.1) is 40.9 Å². The van der Waals surface area contributed by atoms with Crippen molar-refractivity contribution in [3.05, 3.63) is 52.6 Å². The lowest BCUT2D eigenvalue weighted by Crippen LogP contribution is -2.43. The minimum atomic E-state index is -0.472. The molecular formula is C60H82FN11O7. The molecule has 426 valence electrons. The predicted molar refractivity (Wildman–Crippen MR) is 302 cm³/mol. The molecule has 5 fully saturated rings. The highest BCUT2D eigenvalue weighted by molar-refractivity contribution is 5.96. The zero-order chi connectivity index (χ0) is 55.2. The number of hydrogen-bond acceptors (Lipinski definition) is 15. The lowest BCUT2D eigenvalue weighted by atomic mass is 9.80. The largest absolute Gasteiger partial charge is 0.508 e. The van der Waals surface area contributed by atoms with Crippen molar-refractivity contribution in [3.63, 3.8) is 0 Å². The minimum Gasteiger partial charge on any atom is -0.508 e. The molecule has 0 spiro atoms. The number of carbonyl (C=O) groups excluding carboxylic acids is 3. The summed E-state index contributed by atoms with van der Waals surface area (Å²) in [4.78, 5) is 63.1. The molecule has 19 heteroatoms. The van der Waals surface area contributed by atoms with Crippen molar-refractivity contribution in [2.45, 2.75) is 139 Å². The van der Waals surface area contributed by atoms with Crippen LogP contribution in [0, 0.1) is 17.7 Å². The van der Waals surface area contributed by atoms with Crippen molar-refractivity contribution in [2.75, 3.05) is 96.7 Å². The van der Waals surface area contributed by atoms with Crippen molar-refractivity contribution in [2.24, 2.45) is 18.9 Å². The van der Waals surface area contributed by atoms with Gasteiger partial charge in [-0.25, -0.2) is 14.4 Å². The predicted octanol–water partition coefficient (Wildman–Crippen LogP) is 8.04. The number of methoxy groups -OCH3 is 1. The van der Waals surface area contributed by atoms with Crippen molar-refractivity contribution >= 4 is 52.2 Å². The third-order valence-electron chi connectivity index (χ3n) is 18.2. The second kappa shape index (κ2) is 25.2. The minimum absolute atomic E-state index is 0.0370. The van der Waals surface area contributed by atoms with Gasteiger partial charge in [-0.15, -0.1) is 0 Å². The highest BCUT2D eigenvalue weighted by Gasteiger charge is 2.45. The van der Waals surface area contributed by atoms with Gasteiger partial charge in [0.2, 0.25) is 12.3 Å². The first kappa shape index (κ1) is 56.2. The number of ether oxygens (including phenoxy) is 3. The van der Waals surface area contributed by atoms with Crippen LogP contribution in [0.1, 0.15) is 138 Å². The maximum atomic E-state index is 16.9. The molecule has 5 saturated heterocycles. The standard InChI is InChI=1S/C33H40FN5O3.C25H36N6O3.C2H6O/c1-20-6-2-7-21-16-23(40)17-24(26(20)21)29-28(34)30-27-25(35-29)9-8-22-18-41-15-5-14-39(22)31(27)37-32(36-30)42-19-33-10-3-12-38(33)13-4-11-33;1-26-25(34)21(4-3-15-32)23-20-5-6-22(27-24(20)29(2)28-23)31-13-9-19(10-14-31)16-18-7-11-30(17-33)12-8-18;1-3-2/h16-17,20,22,40H,2-15,18-19H2,1H3;5-6,15,17-19,21H,3-4,7-14,16H2,1-2H3,(H,26,34);1-2H3. The van der Waals surface area contributed by atoms with Gasteiger partial charge in [-0.1, -0.05) is 6.92 Å². The lowest BCUT2D eigenvalue weighted by molar-refractivity contribution is -0.122. The Morgan fingerprint density at radius 1 is 0.924 bits per heavy atom. The summed E-state index contributed by atoms with van der Waals surface area (Å²) in [6.07, 6.45) is 18.4. The number of nitrogens with one attached hydrogen (secondary N) is 1. The van der Waals surface area contributed by atoms with Crippen LogP contribution in [-0.4, -0.2) is 162 Å². The summed E-state index contributed by atoms with van der Waals surface area (Å²) in [7, 11) is 6.71. The first-order valence-corrected chi connectivity index (χ1v) is 29.3. The number of pyridine rings is 2. The molecule has 0 bridgehead atoms. The van der Waals surface area contributed by atoms with Crippen LogP contribution in [0.15, 0.2) is 24.3 Å². The monoisotopic (exact) mass is 1090 g/mol. The zero-order valence-electron chi connectivity index (χ0n) is 47.2. The summed E-state index contributed by atoms with van der Waals surface area (Å²) in [6.45, 7) is 10.8. The Morgan fingerprint density at radius 3 is 2.39 bits per heavy atom. The summed E-state index contributed by atoms with van der Waals surface area (Å²) >= 11 is 0. The number of likely N-dealkylation sites (N-methyl/N-ethyl adjacent to an activating group) is 1. The molecular weight excluding hydrogens is 1010 g/mol. The maximum Gasteiger partial charge on any atom is 0.319 e. The van der Waals surface area contributed by atoms with E-state index in [1.54, 1.807) is 32.0 Å². The number of aromatic hydroxyl groups is 1. The smallest absolute Gasteiger partial charge is 0.319 e. The van der Waals surface area contributed by atoms with Crippen LogP contribution >= 0.6 is 0 Å². The first-order valence-electron chi connectivity index (χ1n) is 29.3. The number of phenolic OH excluding ortho intramolecular Hbond substituents is 1. The topological polar surface area (TPSA) is 193 Å². The Bertz CT molecular complexity index is 2950. The van der Waals surface area contributed by atoms with Crippen LogP contribution in [0.4, 0.5) is 16.0 Å². The summed E-state index contributed by atoms with van der Waals surface area (Å²) in [5.41, 5.74) is 5.71. The van der Waals surface area contributed by atoms with E-state index in [0.29, 0.717) is 55.7 Å². The van der Waals surface area contributed by atoms with E-state index in [1.165, 1.54) is 19.3 Å². The highest BCUT2D eigenvalue weighted by Crippen LogP contribution is 2.45. The second-order valence-electron chi connectivity index (χ2n) is 23.3. The fraction of sp³-hybridized carbons (Fsp3) is 0.633. The number of aldehydes is 1. The number of carbonyl (C=O) groups is 3. The van der Waals surface area contributed by atoms with E-state index in [9.17, 15) is 19.5 Å². The third-order valence-corrected chi connectivity index (χ3v) is 18.2. The van der Waals surface area contributed by atoms with E-state index < -0.39 is 11.7 Å². The lowest BCUT2D eigenvalue weighted by Gasteiger charge is -2.36. The van der Waals surface area contributed by atoms with Gasteiger partial charge in [-0.3, -0.25) is 19.2 Å². The number of anilines is 2. The quantitative estimate of drug-likeness (QED) is 0.108. The van der Waals surface area contributed by atoms with Crippen molar-refractivity contribution in [3.8, 4) is 23.0 Å². The molecule has 4 aromatic heterocycles. The third kappa shape index (κ3) is 11.9. The Balaban J connectivity index is 0.000000174. The molecule has 2 amide bonds. The molecule has 2 N–H and O–H groups in total. The van der Waals surface area contributed by atoms with E-state index >= 15 is 4.39 Å². The normalized spacial score (nSPS) is 21.6. The van der Waals surface area contributed by atoms with Gasteiger partial charge in [-0.05, 0) is 169 Å². The van der Waals surface area contributed by atoms with Crippen LogP contribution < -0.4 is 19.9 Å². The number of rotatable bonds is 13. The van der Waals surface area contributed by atoms with Crippen molar-refractivity contribution in [1.82, 2.24) is 44.8 Å². The number of benzene rings is 1. The van der Waals surface area contributed by atoms with Gasteiger partial charge in [0.1, 0.15) is 41.5 Å². The average Bonchev–Trinajstić information content (AvgIpc) is 4.30. The summed E-state index contributed by atoms with van der Waals surface area (Å²) in [5.74, 6) is 2.49. The Kier molecular flexibility index (Phi) is 17.9. The summed E-state index contributed by atoms with van der Waals surface area (Å²) < 4.78 is 35.3. The van der Waals surface area contributed by atoms with E-state index in [0.717, 1.165) is 180 Å². The van der Waals surface area contributed by atoms with Gasteiger partial charge < -0.3 is 44.1 Å². The molecule has 12 rings (SSSR count). The number of fused-ring (bicyclic) bond motifs is 5. The Morgan fingerprint density at radius 2 is 1.67 bits per heavy atom. The number of phenols is 1. The van der Waals surface area contributed by atoms with Gasteiger partial charge in [0.15, 0.2) is 11.5 Å². The summed E-state index contributed by atoms with van der Waals surface area (Å²) in [6, 6.07) is 7.95. The molecule has 5 aromatic rings. The molecule has 1 aromatic carbocycles. The van der Waals surface area contributed by atoms with Gasteiger partial charge in [0.25, 0.3) is 0 Å². The Labute approximate surface area is 464 Å². The van der Waals surface area contributed by atoms with Crippen molar-refractivity contribution < 1.29 is 38.1 Å². The molecule has 18 nitrogen and oxygen atoms in total.